The summed E-state index contributed by atoms with van der Waals surface area (Å²) in [5, 5.41) is 3.90. The zero-order valence-corrected chi connectivity index (χ0v) is 11.4. The molecule has 0 unspecified atom stereocenters. The summed E-state index contributed by atoms with van der Waals surface area (Å²) in [6.07, 6.45) is 2.36. The summed E-state index contributed by atoms with van der Waals surface area (Å²) in [6, 6.07) is 8.39. The summed E-state index contributed by atoms with van der Waals surface area (Å²) in [5.41, 5.74) is 3.11. The van der Waals surface area contributed by atoms with Gasteiger partial charge in [-0.2, -0.15) is 0 Å². The molecule has 0 aliphatic heterocycles. The topological polar surface area (TPSA) is 25.8 Å². The Morgan fingerprint density at radius 3 is 2.94 bits per heavy atom. The van der Waals surface area contributed by atoms with Crippen molar-refractivity contribution in [1.29, 1.82) is 0 Å². The van der Waals surface area contributed by atoms with Crippen LogP contribution in [0.3, 0.4) is 0 Å². The minimum atomic E-state index is 0.552. The van der Waals surface area contributed by atoms with Gasteiger partial charge in [-0.25, -0.2) is 9.97 Å². The van der Waals surface area contributed by atoms with E-state index in [1.165, 1.54) is 16.4 Å². The first kappa shape index (κ1) is 11.6. The molecule has 3 aromatic rings. The van der Waals surface area contributed by atoms with Crippen LogP contribution in [0.1, 0.15) is 12.5 Å². The molecule has 3 rings (SSSR count). The van der Waals surface area contributed by atoms with Gasteiger partial charge in [0, 0.05) is 15.8 Å². The van der Waals surface area contributed by atoms with Crippen molar-refractivity contribution in [2.24, 2.45) is 0 Å². The molecule has 0 aliphatic rings. The van der Waals surface area contributed by atoms with Crippen LogP contribution in [0, 0.1) is 0 Å². The highest BCUT2D eigenvalue weighted by Gasteiger charge is 2.13. The summed E-state index contributed by atoms with van der Waals surface area (Å²) in [4.78, 5) is 8.48. The smallest absolute Gasteiger partial charge is 0.136 e. The lowest BCUT2D eigenvalue weighted by atomic mass is 10.0. The Bertz CT molecular complexity index is 706. The molecule has 0 aliphatic carbocycles. The van der Waals surface area contributed by atoms with E-state index in [9.17, 15) is 0 Å². The molecule has 0 atom stereocenters. The quantitative estimate of drug-likeness (QED) is 0.640. The number of nitrogens with zero attached hydrogens (tertiary/aromatic N) is 2. The zero-order valence-electron chi connectivity index (χ0n) is 9.85. The van der Waals surface area contributed by atoms with E-state index >= 15 is 0 Å². The number of thiophene rings is 1. The van der Waals surface area contributed by atoms with Crippen LogP contribution in [0.15, 0.2) is 36.0 Å². The van der Waals surface area contributed by atoms with E-state index < -0.39 is 0 Å². The van der Waals surface area contributed by atoms with Crippen LogP contribution in [0.4, 0.5) is 0 Å². The highest BCUT2D eigenvalue weighted by molar-refractivity contribution is 7.17. The van der Waals surface area contributed by atoms with Gasteiger partial charge in [0.25, 0.3) is 0 Å². The minimum Gasteiger partial charge on any atom is -0.236 e. The average Bonchev–Trinajstić information content (AvgIpc) is 2.86. The second kappa shape index (κ2) is 4.67. The van der Waals surface area contributed by atoms with Gasteiger partial charge in [0.1, 0.15) is 11.5 Å². The number of fused-ring (bicyclic) bond motifs is 1. The van der Waals surface area contributed by atoms with Gasteiger partial charge in [0.2, 0.25) is 0 Å². The fourth-order valence-electron chi connectivity index (χ4n) is 2.12. The molecule has 0 radical (unpaired) electrons. The Morgan fingerprint density at radius 1 is 1.22 bits per heavy atom. The van der Waals surface area contributed by atoms with Crippen molar-refractivity contribution in [2.75, 3.05) is 0 Å². The first-order valence-corrected chi connectivity index (χ1v) is 7.03. The Balaban J connectivity index is 2.32. The molecule has 18 heavy (non-hydrogen) atoms. The maximum absolute atomic E-state index is 6.16. The van der Waals surface area contributed by atoms with E-state index in [4.69, 9.17) is 11.6 Å². The van der Waals surface area contributed by atoms with Crippen molar-refractivity contribution in [3.63, 3.8) is 0 Å². The molecule has 1 aromatic carbocycles. The van der Waals surface area contributed by atoms with Crippen LogP contribution in [0.25, 0.3) is 21.3 Å². The number of aromatic nitrogens is 2. The van der Waals surface area contributed by atoms with Gasteiger partial charge in [-0.05, 0) is 23.3 Å². The van der Waals surface area contributed by atoms with Crippen LogP contribution in [-0.2, 0) is 6.42 Å². The summed E-state index contributed by atoms with van der Waals surface area (Å²) < 4.78 is 1.25. The second-order valence-corrected chi connectivity index (χ2v) is 5.26. The molecule has 0 saturated carbocycles. The van der Waals surface area contributed by atoms with Crippen molar-refractivity contribution < 1.29 is 0 Å². The molecule has 0 amide bonds. The van der Waals surface area contributed by atoms with Crippen molar-refractivity contribution >= 4 is 33.0 Å². The average molecular weight is 275 g/mol. The molecule has 2 heterocycles. The van der Waals surface area contributed by atoms with E-state index in [-0.39, 0.29) is 0 Å². The van der Waals surface area contributed by atoms with Gasteiger partial charge in [0.15, 0.2) is 0 Å². The molecule has 90 valence electrons. The van der Waals surface area contributed by atoms with Gasteiger partial charge < -0.3 is 0 Å². The zero-order chi connectivity index (χ0) is 12.5. The fraction of sp³-hybridized carbons (Fsp3) is 0.143. The van der Waals surface area contributed by atoms with E-state index in [2.05, 4.69) is 46.5 Å². The Labute approximate surface area is 114 Å². The molecular weight excluding hydrogens is 264 g/mol. The number of hydrogen-bond acceptors (Lipinski definition) is 3. The summed E-state index contributed by atoms with van der Waals surface area (Å²) in [7, 11) is 0. The first-order valence-electron chi connectivity index (χ1n) is 5.77. The predicted octanol–water partition coefficient (Wildman–Crippen LogP) is 4.57. The van der Waals surface area contributed by atoms with E-state index in [0.29, 0.717) is 5.15 Å². The van der Waals surface area contributed by atoms with Gasteiger partial charge >= 0.3 is 0 Å². The molecule has 2 nitrogen and oxygen atoms in total. The SMILES string of the molecule is CCc1c(Cl)ncnc1-c1cccc2ccsc12. The van der Waals surface area contributed by atoms with Crippen LogP contribution in [0.5, 0.6) is 0 Å². The van der Waals surface area contributed by atoms with E-state index in [1.54, 1.807) is 11.3 Å². The lowest BCUT2D eigenvalue weighted by Crippen LogP contribution is -1.95. The fourth-order valence-corrected chi connectivity index (χ4v) is 3.30. The van der Waals surface area contributed by atoms with Crippen LogP contribution in [-0.4, -0.2) is 9.97 Å². The van der Waals surface area contributed by atoms with E-state index in [0.717, 1.165) is 23.2 Å². The molecule has 2 aromatic heterocycles. The minimum absolute atomic E-state index is 0.552. The first-order chi connectivity index (χ1) is 8.81. The van der Waals surface area contributed by atoms with Crippen molar-refractivity contribution in [1.82, 2.24) is 9.97 Å². The highest BCUT2D eigenvalue weighted by Crippen LogP contribution is 2.34. The molecular formula is C14H11ClN2S. The lowest BCUT2D eigenvalue weighted by molar-refractivity contribution is 1.05. The number of rotatable bonds is 2. The number of halogens is 1. The summed E-state index contributed by atoms with van der Waals surface area (Å²) in [5.74, 6) is 0. The van der Waals surface area contributed by atoms with Crippen molar-refractivity contribution in [3.05, 3.63) is 46.7 Å². The standard InChI is InChI=1S/C14H11ClN2S/c1-2-10-12(16-8-17-14(10)15)11-5-3-4-9-6-7-18-13(9)11/h3-8H,2H2,1H3. The maximum atomic E-state index is 6.16. The third kappa shape index (κ3) is 1.80. The van der Waals surface area contributed by atoms with E-state index in [1.807, 2.05) is 0 Å². The molecule has 0 spiro atoms. The molecule has 4 heteroatoms. The molecule has 0 N–H and O–H groups in total. The monoisotopic (exact) mass is 274 g/mol. The summed E-state index contributed by atoms with van der Waals surface area (Å²) >= 11 is 7.89. The Kier molecular flexibility index (Phi) is 3.02. The molecule has 0 bridgehead atoms. The van der Waals surface area contributed by atoms with Crippen LogP contribution in [0.2, 0.25) is 5.15 Å². The molecule has 0 fully saturated rings. The normalized spacial score (nSPS) is 11.0. The van der Waals surface area contributed by atoms with Crippen molar-refractivity contribution in [3.8, 4) is 11.3 Å². The van der Waals surface area contributed by atoms with Crippen molar-refractivity contribution in [2.45, 2.75) is 13.3 Å². The van der Waals surface area contributed by atoms with Gasteiger partial charge in [-0.1, -0.05) is 36.7 Å². The van der Waals surface area contributed by atoms with Crippen LogP contribution < -0.4 is 0 Å². The lowest BCUT2D eigenvalue weighted by Gasteiger charge is -2.08. The highest BCUT2D eigenvalue weighted by atomic mass is 35.5. The Hall–Kier alpha value is -1.45. The second-order valence-electron chi connectivity index (χ2n) is 3.99. The largest absolute Gasteiger partial charge is 0.236 e. The van der Waals surface area contributed by atoms with Crippen LogP contribution >= 0.6 is 22.9 Å². The molecule has 0 saturated heterocycles. The van der Waals surface area contributed by atoms with Gasteiger partial charge in [-0.3, -0.25) is 0 Å². The van der Waals surface area contributed by atoms with Gasteiger partial charge in [0.05, 0.1) is 5.69 Å². The number of benzene rings is 1. The maximum Gasteiger partial charge on any atom is 0.136 e. The number of hydrogen-bond donors (Lipinski definition) is 0. The third-order valence-corrected chi connectivity index (χ3v) is 4.27. The summed E-state index contributed by atoms with van der Waals surface area (Å²) in [6.45, 7) is 2.07. The Morgan fingerprint density at radius 2 is 2.11 bits per heavy atom. The third-order valence-electron chi connectivity index (χ3n) is 2.98. The van der Waals surface area contributed by atoms with Gasteiger partial charge in [-0.15, -0.1) is 11.3 Å². The predicted molar refractivity (Wildman–Crippen MR) is 77.2 cm³/mol.